The van der Waals surface area contributed by atoms with Crippen LogP contribution >= 0.6 is 0 Å². The fourth-order valence-electron chi connectivity index (χ4n) is 2.90. The molecule has 3 unspecified atom stereocenters. The third-order valence-electron chi connectivity index (χ3n) is 3.54. The second-order valence-corrected chi connectivity index (χ2v) is 4.61. The Morgan fingerprint density at radius 3 is 2.77 bits per heavy atom. The summed E-state index contributed by atoms with van der Waals surface area (Å²) in [5, 5.41) is 0. The minimum absolute atomic E-state index is 0.588. The highest BCUT2D eigenvalue weighted by molar-refractivity contribution is 5.80. The standard InChI is InChI=1S/C11H20N2/c1-2-3-11(12)13-10-7-8-4-5-9(10)6-8/h8-10H,2-7H2,1H3,(H2,12,13). The molecule has 0 radical (unpaired) electrons. The van der Waals surface area contributed by atoms with Gasteiger partial charge >= 0.3 is 0 Å². The zero-order chi connectivity index (χ0) is 9.26. The lowest BCUT2D eigenvalue weighted by molar-refractivity contribution is 0.419. The molecule has 2 nitrogen and oxygen atoms in total. The van der Waals surface area contributed by atoms with Crippen LogP contribution in [0.3, 0.4) is 0 Å². The van der Waals surface area contributed by atoms with Crippen molar-refractivity contribution in [3.8, 4) is 0 Å². The van der Waals surface area contributed by atoms with Gasteiger partial charge in [-0.1, -0.05) is 13.3 Å². The summed E-state index contributed by atoms with van der Waals surface area (Å²) in [5.74, 6) is 2.74. The van der Waals surface area contributed by atoms with E-state index in [-0.39, 0.29) is 0 Å². The third-order valence-corrected chi connectivity index (χ3v) is 3.54. The van der Waals surface area contributed by atoms with Crippen LogP contribution in [0.25, 0.3) is 0 Å². The number of hydrogen-bond acceptors (Lipinski definition) is 1. The van der Waals surface area contributed by atoms with Gasteiger partial charge in [-0.25, -0.2) is 0 Å². The van der Waals surface area contributed by atoms with Crippen LogP contribution in [0.2, 0.25) is 0 Å². The fourth-order valence-corrected chi connectivity index (χ4v) is 2.90. The maximum atomic E-state index is 5.85. The molecule has 13 heavy (non-hydrogen) atoms. The highest BCUT2D eigenvalue weighted by Crippen LogP contribution is 2.45. The Kier molecular flexibility index (Phi) is 2.56. The molecule has 0 aromatic rings. The van der Waals surface area contributed by atoms with Gasteiger partial charge < -0.3 is 5.73 Å². The van der Waals surface area contributed by atoms with Gasteiger partial charge in [0.05, 0.1) is 11.9 Å². The summed E-state index contributed by atoms with van der Waals surface area (Å²) in [4.78, 5) is 4.64. The van der Waals surface area contributed by atoms with Gasteiger partial charge in [0.2, 0.25) is 0 Å². The summed E-state index contributed by atoms with van der Waals surface area (Å²) < 4.78 is 0. The zero-order valence-electron chi connectivity index (χ0n) is 8.50. The number of nitrogens with two attached hydrogens (primary N) is 1. The summed E-state index contributed by atoms with van der Waals surface area (Å²) in [6.07, 6.45) is 7.69. The summed E-state index contributed by atoms with van der Waals surface area (Å²) in [6, 6.07) is 0.588. The Bertz CT molecular complexity index is 210. The zero-order valence-corrected chi connectivity index (χ0v) is 8.50. The van der Waals surface area contributed by atoms with Gasteiger partial charge in [0.25, 0.3) is 0 Å². The topological polar surface area (TPSA) is 38.4 Å². The Labute approximate surface area is 80.6 Å². The Balaban J connectivity index is 1.92. The lowest BCUT2D eigenvalue weighted by atomic mass is 9.96. The van der Waals surface area contributed by atoms with E-state index in [1.54, 1.807) is 0 Å². The van der Waals surface area contributed by atoms with Crippen molar-refractivity contribution in [3.05, 3.63) is 0 Å². The predicted octanol–water partition coefficient (Wildman–Crippen LogP) is 2.33. The molecule has 74 valence electrons. The number of amidine groups is 1. The number of aliphatic imine (C=N–C) groups is 1. The molecule has 0 amide bonds. The average Bonchev–Trinajstić information content (AvgIpc) is 2.65. The molecule has 2 saturated carbocycles. The molecule has 2 bridgehead atoms. The molecule has 2 aliphatic rings. The molecule has 3 atom stereocenters. The van der Waals surface area contributed by atoms with Gasteiger partial charge in [0, 0.05) is 6.42 Å². The predicted molar refractivity (Wildman–Crippen MR) is 55.8 cm³/mol. The first-order chi connectivity index (χ1) is 6.29. The molecule has 0 aliphatic heterocycles. The molecule has 2 heteroatoms. The van der Waals surface area contributed by atoms with Crippen molar-refractivity contribution in [3.63, 3.8) is 0 Å². The molecule has 2 rings (SSSR count). The molecule has 0 saturated heterocycles. The first-order valence-corrected chi connectivity index (χ1v) is 5.61. The number of rotatable bonds is 3. The van der Waals surface area contributed by atoms with E-state index in [0.717, 1.165) is 30.5 Å². The van der Waals surface area contributed by atoms with Gasteiger partial charge in [-0.3, -0.25) is 4.99 Å². The molecule has 0 aromatic heterocycles. The number of hydrogen-bond donors (Lipinski definition) is 1. The van der Waals surface area contributed by atoms with Crippen LogP contribution in [0.5, 0.6) is 0 Å². The molecule has 2 fully saturated rings. The Morgan fingerprint density at radius 2 is 2.23 bits per heavy atom. The smallest absolute Gasteiger partial charge is 0.0940 e. The highest BCUT2D eigenvalue weighted by atomic mass is 14.9. The molecule has 0 spiro atoms. The molecular weight excluding hydrogens is 160 g/mol. The van der Waals surface area contributed by atoms with E-state index in [4.69, 9.17) is 5.73 Å². The van der Waals surface area contributed by atoms with Crippen LogP contribution in [-0.4, -0.2) is 11.9 Å². The van der Waals surface area contributed by atoms with E-state index in [1.165, 1.54) is 25.7 Å². The summed E-state index contributed by atoms with van der Waals surface area (Å²) >= 11 is 0. The van der Waals surface area contributed by atoms with E-state index in [2.05, 4.69) is 11.9 Å². The average molecular weight is 180 g/mol. The van der Waals surface area contributed by atoms with Crippen molar-refractivity contribution in [1.82, 2.24) is 0 Å². The Hall–Kier alpha value is -0.530. The van der Waals surface area contributed by atoms with E-state index in [9.17, 15) is 0 Å². The van der Waals surface area contributed by atoms with Crippen LogP contribution in [-0.2, 0) is 0 Å². The molecule has 0 aromatic carbocycles. The van der Waals surface area contributed by atoms with Crippen molar-refractivity contribution >= 4 is 5.84 Å². The minimum atomic E-state index is 0.588. The van der Waals surface area contributed by atoms with Crippen molar-refractivity contribution in [2.75, 3.05) is 0 Å². The number of fused-ring (bicyclic) bond motifs is 2. The normalized spacial score (nSPS) is 38.5. The third kappa shape index (κ3) is 1.87. The van der Waals surface area contributed by atoms with Crippen molar-refractivity contribution in [2.45, 2.75) is 51.5 Å². The second-order valence-electron chi connectivity index (χ2n) is 4.61. The van der Waals surface area contributed by atoms with Gasteiger partial charge in [-0.15, -0.1) is 0 Å². The fraction of sp³-hybridized carbons (Fsp3) is 0.909. The lowest BCUT2D eigenvalue weighted by Crippen LogP contribution is -2.20. The van der Waals surface area contributed by atoms with E-state index in [1.807, 2.05) is 0 Å². The van der Waals surface area contributed by atoms with Crippen LogP contribution in [0.15, 0.2) is 4.99 Å². The van der Waals surface area contributed by atoms with Crippen molar-refractivity contribution < 1.29 is 0 Å². The SMILES string of the molecule is CCCC(N)=NC1CC2CCC1C2. The van der Waals surface area contributed by atoms with Gasteiger partial charge in [0.15, 0.2) is 0 Å². The van der Waals surface area contributed by atoms with Crippen LogP contribution in [0, 0.1) is 11.8 Å². The molecular formula is C11H20N2. The first kappa shape index (κ1) is 9.04. The van der Waals surface area contributed by atoms with Crippen molar-refractivity contribution in [2.24, 2.45) is 22.6 Å². The van der Waals surface area contributed by atoms with Crippen molar-refractivity contribution in [1.29, 1.82) is 0 Å². The van der Waals surface area contributed by atoms with Crippen LogP contribution in [0.4, 0.5) is 0 Å². The highest BCUT2D eigenvalue weighted by Gasteiger charge is 2.39. The quantitative estimate of drug-likeness (QED) is 0.525. The lowest BCUT2D eigenvalue weighted by Gasteiger charge is -2.18. The molecule has 0 heterocycles. The monoisotopic (exact) mass is 180 g/mol. The van der Waals surface area contributed by atoms with Gasteiger partial charge in [-0.2, -0.15) is 0 Å². The second kappa shape index (κ2) is 3.69. The van der Waals surface area contributed by atoms with E-state index >= 15 is 0 Å². The van der Waals surface area contributed by atoms with E-state index in [0.29, 0.717) is 6.04 Å². The number of nitrogens with zero attached hydrogens (tertiary/aromatic N) is 1. The summed E-state index contributed by atoms with van der Waals surface area (Å²) in [6.45, 7) is 2.16. The first-order valence-electron chi connectivity index (χ1n) is 5.61. The largest absolute Gasteiger partial charge is 0.387 e. The van der Waals surface area contributed by atoms with E-state index < -0.39 is 0 Å². The summed E-state index contributed by atoms with van der Waals surface area (Å²) in [7, 11) is 0. The maximum absolute atomic E-state index is 5.85. The van der Waals surface area contributed by atoms with Gasteiger partial charge in [0.1, 0.15) is 0 Å². The summed E-state index contributed by atoms with van der Waals surface area (Å²) in [5.41, 5.74) is 5.85. The minimum Gasteiger partial charge on any atom is -0.387 e. The maximum Gasteiger partial charge on any atom is 0.0940 e. The molecule has 2 N–H and O–H groups in total. The van der Waals surface area contributed by atoms with Gasteiger partial charge in [-0.05, 0) is 37.5 Å². The van der Waals surface area contributed by atoms with Crippen LogP contribution in [0.1, 0.15) is 45.4 Å². The Morgan fingerprint density at radius 1 is 1.38 bits per heavy atom. The molecule has 2 aliphatic carbocycles. The van der Waals surface area contributed by atoms with Crippen LogP contribution < -0.4 is 5.73 Å².